The molecule has 1 aromatic rings. The van der Waals surface area contributed by atoms with Crippen LogP contribution < -0.4 is 10.1 Å². The van der Waals surface area contributed by atoms with Crippen molar-refractivity contribution in [2.45, 2.75) is 18.9 Å². The minimum absolute atomic E-state index is 0.0262. The van der Waals surface area contributed by atoms with Crippen LogP contribution in [-0.2, 0) is 4.79 Å². The smallest absolute Gasteiger partial charge is 0.322 e. The second-order valence-electron chi connectivity index (χ2n) is 8.03. The van der Waals surface area contributed by atoms with Gasteiger partial charge in [0.1, 0.15) is 18.4 Å². The summed E-state index contributed by atoms with van der Waals surface area (Å²) >= 11 is 0. The largest absolute Gasteiger partial charge is 0.492 e. The number of carbonyl (C=O) groups is 2. The van der Waals surface area contributed by atoms with Gasteiger partial charge < -0.3 is 24.8 Å². The molecule has 2 aliphatic rings. The van der Waals surface area contributed by atoms with Crippen molar-refractivity contribution in [1.29, 1.82) is 0 Å². The van der Waals surface area contributed by atoms with E-state index in [0.29, 0.717) is 25.3 Å². The molecular formula is C21H33N5O3. The zero-order valence-corrected chi connectivity index (χ0v) is 17.8. The molecule has 0 spiro atoms. The van der Waals surface area contributed by atoms with Gasteiger partial charge in [-0.1, -0.05) is 0 Å². The fourth-order valence-corrected chi connectivity index (χ4v) is 3.76. The molecule has 8 heteroatoms. The van der Waals surface area contributed by atoms with Crippen molar-refractivity contribution in [3.05, 3.63) is 24.3 Å². The van der Waals surface area contributed by atoms with Crippen molar-refractivity contribution in [3.8, 4) is 5.75 Å². The Morgan fingerprint density at radius 3 is 2.45 bits per heavy atom. The summed E-state index contributed by atoms with van der Waals surface area (Å²) in [6.07, 6.45) is 1.56. The van der Waals surface area contributed by atoms with Crippen molar-refractivity contribution in [2.24, 2.45) is 0 Å². The molecule has 0 aliphatic carbocycles. The zero-order valence-electron chi connectivity index (χ0n) is 17.8. The number of hydrogen-bond acceptors (Lipinski definition) is 5. The summed E-state index contributed by atoms with van der Waals surface area (Å²) in [5.74, 6) is 0.765. The Balaban J connectivity index is 1.45. The van der Waals surface area contributed by atoms with Gasteiger partial charge in [-0.2, -0.15) is 0 Å². The second-order valence-corrected chi connectivity index (χ2v) is 8.03. The van der Waals surface area contributed by atoms with Crippen LogP contribution >= 0.6 is 0 Å². The summed E-state index contributed by atoms with van der Waals surface area (Å²) in [6.45, 7) is 6.54. The third-order valence-corrected chi connectivity index (χ3v) is 5.62. The van der Waals surface area contributed by atoms with E-state index in [-0.39, 0.29) is 18.0 Å². The molecule has 1 aromatic carbocycles. The number of likely N-dealkylation sites (tertiary alicyclic amines) is 1. The summed E-state index contributed by atoms with van der Waals surface area (Å²) in [5.41, 5.74) is 0.698. The SMILES string of the molecule is CN1CCN(CCOc2ccc(NC(=O)N3CCCC3C(=O)N(C)C)cc2)CC1. The lowest BCUT2D eigenvalue weighted by Crippen LogP contribution is -2.47. The Kier molecular flexibility index (Phi) is 7.33. The van der Waals surface area contributed by atoms with Crippen LogP contribution in [0.2, 0.25) is 0 Å². The van der Waals surface area contributed by atoms with E-state index in [0.717, 1.165) is 44.9 Å². The van der Waals surface area contributed by atoms with Gasteiger partial charge in [-0.05, 0) is 44.2 Å². The van der Waals surface area contributed by atoms with Crippen LogP contribution in [0, 0.1) is 0 Å². The second kappa shape index (κ2) is 9.93. The summed E-state index contributed by atoms with van der Waals surface area (Å²) in [4.78, 5) is 32.8. The first-order chi connectivity index (χ1) is 13.9. The lowest BCUT2D eigenvalue weighted by atomic mass is 10.2. The van der Waals surface area contributed by atoms with E-state index in [2.05, 4.69) is 22.2 Å². The molecule has 2 fully saturated rings. The van der Waals surface area contributed by atoms with Crippen molar-refractivity contribution >= 4 is 17.6 Å². The zero-order chi connectivity index (χ0) is 20.8. The van der Waals surface area contributed by atoms with Gasteiger partial charge in [0.05, 0.1) is 0 Å². The number of ether oxygens (including phenoxy) is 1. The molecule has 2 aliphatic heterocycles. The van der Waals surface area contributed by atoms with Crippen LogP contribution in [0.4, 0.5) is 10.5 Å². The molecule has 0 saturated carbocycles. The first-order valence-corrected chi connectivity index (χ1v) is 10.4. The number of anilines is 1. The Bertz CT molecular complexity index is 686. The molecular weight excluding hydrogens is 370 g/mol. The highest BCUT2D eigenvalue weighted by molar-refractivity contribution is 5.94. The summed E-state index contributed by atoms with van der Waals surface area (Å²) in [7, 11) is 5.59. The number of nitrogens with zero attached hydrogens (tertiary/aromatic N) is 4. The Hall–Kier alpha value is -2.32. The number of amides is 3. The topological polar surface area (TPSA) is 68.4 Å². The van der Waals surface area contributed by atoms with Crippen molar-refractivity contribution in [2.75, 3.05) is 72.3 Å². The molecule has 160 valence electrons. The maximum absolute atomic E-state index is 12.6. The number of carbonyl (C=O) groups excluding carboxylic acids is 2. The number of urea groups is 1. The first-order valence-electron chi connectivity index (χ1n) is 10.4. The third kappa shape index (κ3) is 5.83. The van der Waals surface area contributed by atoms with Gasteiger partial charge in [0.25, 0.3) is 0 Å². The highest BCUT2D eigenvalue weighted by atomic mass is 16.5. The van der Waals surface area contributed by atoms with Crippen LogP contribution in [0.1, 0.15) is 12.8 Å². The Morgan fingerprint density at radius 1 is 1.10 bits per heavy atom. The lowest BCUT2D eigenvalue weighted by molar-refractivity contribution is -0.132. The summed E-state index contributed by atoms with van der Waals surface area (Å²) in [5, 5.41) is 2.89. The Labute approximate surface area is 173 Å². The van der Waals surface area contributed by atoms with Gasteiger partial charge >= 0.3 is 6.03 Å². The number of rotatable bonds is 6. The molecule has 1 N–H and O–H groups in total. The summed E-state index contributed by atoms with van der Waals surface area (Å²) in [6, 6.07) is 6.80. The van der Waals surface area contributed by atoms with Crippen molar-refractivity contribution < 1.29 is 14.3 Å². The highest BCUT2D eigenvalue weighted by Crippen LogP contribution is 2.21. The Morgan fingerprint density at radius 2 is 1.79 bits per heavy atom. The van der Waals surface area contributed by atoms with Gasteiger partial charge in [-0.25, -0.2) is 4.79 Å². The molecule has 3 amide bonds. The molecule has 0 bridgehead atoms. The molecule has 0 aromatic heterocycles. The quantitative estimate of drug-likeness (QED) is 0.778. The average molecular weight is 404 g/mol. The predicted octanol–water partition coefficient (Wildman–Crippen LogP) is 1.40. The number of hydrogen-bond donors (Lipinski definition) is 1. The van der Waals surface area contributed by atoms with Gasteiger partial charge in [0, 0.05) is 59.1 Å². The number of likely N-dealkylation sites (N-methyl/N-ethyl adjacent to an activating group) is 2. The van der Waals surface area contributed by atoms with Crippen LogP contribution in [0.3, 0.4) is 0 Å². The average Bonchev–Trinajstić information content (AvgIpc) is 3.20. The minimum atomic E-state index is -0.373. The first kappa shape index (κ1) is 21.4. The van der Waals surface area contributed by atoms with E-state index >= 15 is 0 Å². The van der Waals surface area contributed by atoms with Gasteiger partial charge in [-0.3, -0.25) is 9.69 Å². The maximum atomic E-state index is 12.6. The van der Waals surface area contributed by atoms with E-state index in [1.807, 2.05) is 24.3 Å². The van der Waals surface area contributed by atoms with Crippen molar-refractivity contribution in [3.63, 3.8) is 0 Å². The molecule has 2 saturated heterocycles. The van der Waals surface area contributed by atoms with E-state index < -0.39 is 0 Å². The molecule has 3 rings (SSSR count). The fraction of sp³-hybridized carbons (Fsp3) is 0.619. The molecule has 1 unspecified atom stereocenters. The van der Waals surface area contributed by atoms with E-state index in [9.17, 15) is 9.59 Å². The summed E-state index contributed by atoms with van der Waals surface area (Å²) < 4.78 is 5.84. The van der Waals surface area contributed by atoms with Crippen LogP contribution in [0.5, 0.6) is 5.75 Å². The fourth-order valence-electron chi connectivity index (χ4n) is 3.76. The number of piperazine rings is 1. The van der Waals surface area contributed by atoms with Gasteiger partial charge in [0.2, 0.25) is 5.91 Å². The molecule has 1 atom stereocenters. The third-order valence-electron chi connectivity index (χ3n) is 5.62. The predicted molar refractivity (Wildman–Crippen MR) is 113 cm³/mol. The van der Waals surface area contributed by atoms with E-state index in [1.165, 1.54) is 0 Å². The van der Waals surface area contributed by atoms with Crippen molar-refractivity contribution in [1.82, 2.24) is 19.6 Å². The van der Waals surface area contributed by atoms with Crippen LogP contribution in [0.25, 0.3) is 0 Å². The molecule has 0 radical (unpaired) electrons. The molecule has 8 nitrogen and oxygen atoms in total. The molecule has 2 heterocycles. The number of benzene rings is 1. The van der Waals surface area contributed by atoms with Gasteiger partial charge in [0.15, 0.2) is 0 Å². The monoisotopic (exact) mass is 403 g/mol. The standard InChI is InChI=1S/C21H33N5O3/c1-23(2)20(27)19-5-4-10-26(19)21(28)22-17-6-8-18(9-7-17)29-16-15-25-13-11-24(3)12-14-25/h6-9,19H,4-5,10-16H2,1-3H3,(H,22,28). The lowest BCUT2D eigenvalue weighted by Gasteiger charge is -2.32. The van der Waals surface area contributed by atoms with Crippen LogP contribution in [0.15, 0.2) is 24.3 Å². The number of nitrogens with one attached hydrogen (secondary N) is 1. The van der Waals surface area contributed by atoms with Crippen LogP contribution in [-0.4, -0.2) is 105 Å². The molecule has 29 heavy (non-hydrogen) atoms. The normalized spacial score (nSPS) is 20.5. The van der Waals surface area contributed by atoms with E-state index in [4.69, 9.17) is 4.74 Å². The highest BCUT2D eigenvalue weighted by Gasteiger charge is 2.34. The maximum Gasteiger partial charge on any atom is 0.322 e. The van der Waals surface area contributed by atoms with E-state index in [1.54, 1.807) is 23.9 Å². The minimum Gasteiger partial charge on any atom is -0.492 e. The van der Waals surface area contributed by atoms with Gasteiger partial charge in [-0.15, -0.1) is 0 Å².